The highest BCUT2D eigenvalue weighted by Gasteiger charge is 2.51. The minimum absolute atomic E-state index is 0.00608. The molecule has 8 nitrogen and oxygen atoms in total. The SMILES string of the molecule is CC(=O)OC1[C@H](C)OC(C)[C@H](OCc2ccccc2)[C@H]1O[C@@H]1CC(C)[C@H](OCc2ccccc2)[C@@H](OCc2ccccc2)C1O. The first kappa shape index (κ1) is 33.3. The molecule has 10 atom stereocenters. The van der Waals surface area contributed by atoms with E-state index in [1.165, 1.54) is 6.92 Å². The number of esters is 1. The molecule has 0 radical (unpaired) electrons. The summed E-state index contributed by atoms with van der Waals surface area (Å²) in [4.78, 5) is 12.2. The van der Waals surface area contributed by atoms with Gasteiger partial charge in [-0.05, 0) is 42.9 Å². The largest absolute Gasteiger partial charge is 0.457 e. The van der Waals surface area contributed by atoms with E-state index in [-0.39, 0.29) is 18.1 Å². The van der Waals surface area contributed by atoms with Gasteiger partial charge in [0.05, 0.1) is 44.2 Å². The highest BCUT2D eigenvalue weighted by Crippen LogP contribution is 2.37. The van der Waals surface area contributed by atoms with Crippen molar-refractivity contribution in [2.24, 2.45) is 5.92 Å². The van der Waals surface area contributed by atoms with Crippen molar-refractivity contribution >= 4 is 5.97 Å². The van der Waals surface area contributed by atoms with Gasteiger partial charge in [0, 0.05) is 6.92 Å². The molecule has 8 heteroatoms. The van der Waals surface area contributed by atoms with E-state index in [4.69, 9.17) is 28.4 Å². The molecule has 2 aliphatic rings. The van der Waals surface area contributed by atoms with Crippen molar-refractivity contribution in [3.8, 4) is 0 Å². The monoisotopic (exact) mass is 618 g/mol. The fraction of sp³-hybridized carbons (Fsp3) is 0.486. The van der Waals surface area contributed by atoms with E-state index >= 15 is 0 Å². The van der Waals surface area contributed by atoms with Gasteiger partial charge in [0.1, 0.15) is 24.4 Å². The molecule has 3 aromatic rings. The molecule has 1 saturated carbocycles. The maximum atomic E-state index is 12.2. The van der Waals surface area contributed by atoms with E-state index in [0.29, 0.717) is 26.2 Å². The number of aliphatic hydroxyl groups excluding tert-OH is 1. The van der Waals surface area contributed by atoms with Crippen molar-refractivity contribution < 1.29 is 38.3 Å². The average molecular weight is 619 g/mol. The fourth-order valence-electron chi connectivity index (χ4n) is 6.41. The van der Waals surface area contributed by atoms with Crippen molar-refractivity contribution in [1.29, 1.82) is 0 Å². The number of ether oxygens (including phenoxy) is 6. The van der Waals surface area contributed by atoms with Gasteiger partial charge in [0.25, 0.3) is 0 Å². The van der Waals surface area contributed by atoms with Gasteiger partial charge in [-0.2, -0.15) is 0 Å². The van der Waals surface area contributed by atoms with Gasteiger partial charge < -0.3 is 33.5 Å². The Bertz CT molecular complexity index is 1310. The highest BCUT2D eigenvalue weighted by molar-refractivity contribution is 5.66. The molecule has 4 unspecified atom stereocenters. The Balaban J connectivity index is 1.38. The molecular weight excluding hydrogens is 572 g/mol. The highest BCUT2D eigenvalue weighted by atomic mass is 16.6. The van der Waals surface area contributed by atoms with Crippen molar-refractivity contribution in [1.82, 2.24) is 0 Å². The average Bonchev–Trinajstić information content (AvgIpc) is 3.04. The van der Waals surface area contributed by atoms with E-state index in [1.54, 1.807) is 0 Å². The van der Waals surface area contributed by atoms with Gasteiger partial charge in [0.15, 0.2) is 6.10 Å². The van der Waals surface area contributed by atoms with Crippen LogP contribution in [0.1, 0.15) is 50.8 Å². The van der Waals surface area contributed by atoms with E-state index in [1.807, 2.05) is 105 Å². The molecule has 1 heterocycles. The summed E-state index contributed by atoms with van der Waals surface area (Å²) in [5.41, 5.74) is 3.05. The van der Waals surface area contributed by atoms with E-state index < -0.39 is 48.7 Å². The van der Waals surface area contributed by atoms with Crippen LogP contribution >= 0.6 is 0 Å². The van der Waals surface area contributed by atoms with Crippen LogP contribution in [0.2, 0.25) is 0 Å². The molecule has 2 fully saturated rings. The fourth-order valence-corrected chi connectivity index (χ4v) is 6.41. The Kier molecular flexibility index (Phi) is 11.8. The zero-order valence-electron chi connectivity index (χ0n) is 26.6. The molecule has 1 saturated heterocycles. The van der Waals surface area contributed by atoms with Gasteiger partial charge in [-0.15, -0.1) is 0 Å². The van der Waals surface area contributed by atoms with Gasteiger partial charge in [-0.3, -0.25) is 4.79 Å². The summed E-state index contributed by atoms with van der Waals surface area (Å²) in [5.74, 6) is -0.440. The summed E-state index contributed by atoms with van der Waals surface area (Å²) >= 11 is 0. The molecule has 0 bridgehead atoms. The maximum Gasteiger partial charge on any atom is 0.303 e. The van der Waals surface area contributed by atoms with Crippen LogP contribution in [-0.2, 0) is 53.0 Å². The van der Waals surface area contributed by atoms with Gasteiger partial charge in [-0.1, -0.05) is 97.9 Å². The van der Waals surface area contributed by atoms with Crippen LogP contribution in [0.25, 0.3) is 0 Å². The van der Waals surface area contributed by atoms with E-state index in [0.717, 1.165) is 16.7 Å². The number of carbonyl (C=O) groups is 1. The quantitative estimate of drug-likeness (QED) is 0.261. The lowest BCUT2D eigenvalue weighted by Crippen LogP contribution is -2.63. The Morgan fingerprint density at radius 1 is 0.667 bits per heavy atom. The second-order valence-corrected chi connectivity index (χ2v) is 12.2. The maximum absolute atomic E-state index is 12.2. The summed E-state index contributed by atoms with van der Waals surface area (Å²) in [7, 11) is 0. The van der Waals surface area contributed by atoms with E-state index in [2.05, 4.69) is 6.92 Å². The van der Waals surface area contributed by atoms with Crippen molar-refractivity contribution in [3.63, 3.8) is 0 Å². The molecular formula is C37H46O8. The third-order valence-electron chi connectivity index (χ3n) is 8.70. The summed E-state index contributed by atoms with van der Waals surface area (Å²) in [6, 6.07) is 29.7. The number of rotatable bonds is 12. The molecule has 242 valence electrons. The zero-order valence-corrected chi connectivity index (χ0v) is 26.6. The predicted molar refractivity (Wildman–Crippen MR) is 169 cm³/mol. The molecule has 1 N–H and O–H groups in total. The number of benzene rings is 3. The Morgan fingerprint density at radius 2 is 1.11 bits per heavy atom. The normalized spacial score (nSPS) is 31.8. The Labute approximate surface area is 266 Å². The molecule has 1 aliphatic carbocycles. The van der Waals surface area contributed by atoms with Gasteiger partial charge >= 0.3 is 5.97 Å². The minimum atomic E-state index is -1.01. The summed E-state index contributed by atoms with van der Waals surface area (Å²) in [6.07, 6.45) is -4.88. The minimum Gasteiger partial charge on any atom is -0.457 e. The second kappa shape index (κ2) is 15.9. The van der Waals surface area contributed by atoms with Crippen molar-refractivity contribution in [2.75, 3.05) is 0 Å². The first-order valence-electron chi connectivity index (χ1n) is 15.9. The lowest BCUT2D eigenvalue weighted by Gasteiger charge is -2.48. The first-order chi connectivity index (χ1) is 21.8. The molecule has 5 rings (SSSR count). The smallest absolute Gasteiger partial charge is 0.303 e. The summed E-state index contributed by atoms with van der Waals surface area (Å²) in [6.45, 7) is 8.33. The van der Waals surface area contributed by atoms with Crippen LogP contribution in [0.15, 0.2) is 91.0 Å². The second-order valence-electron chi connectivity index (χ2n) is 12.2. The topological polar surface area (TPSA) is 92.7 Å². The number of hydrogen-bond donors (Lipinski definition) is 1. The molecule has 3 aromatic carbocycles. The number of hydrogen-bond acceptors (Lipinski definition) is 8. The molecule has 0 spiro atoms. The van der Waals surface area contributed by atoms with Crippen molar-refractivity contribution in [2.45, 2.75) is 109 Å². The Morgan fingerprint density at radius 3 is 1.60 bits per heavy atom. The molecule has 0 amide bonds. The van der Waals surface area contributed by atoms with Crippen LogP contribution in [-0.4, -0.2) is 66.0 Å². The van der Waals surface area contributed by atoms with E-state index in [9.17, 15) is 9.90 Å². The standard InChI is InChI=1S/C37H46O8/c1-24-20-31(32(39)36(42-23-30-18-12-7-13-19-30)33(24)40-21-28-14-8-5-9-15-28)45-37-34(41-22-29-16-10-6-11-17-29)25(2)43-26(3)35(37)44-27(4)38/h5-19,24-26,31-37,39H,20-23H2,1-4H3/t24?,25?,26-,31+,32?,33-,34-,35?,36-,37+/m0/s1. The zero-order chi connectivity index (χ0) is 31.8. The van der Waals surface area contributed by atoms with Gasteiger partial charge in [-0.25, -0.2) is 0 Å². The van der Waals surface area contributed by atoms with Crippen LogP contribution in [0.4, 0.5) is 0 Å². The van der Waals surface area contributed by atoms with Crippen molar-refractivity contribution in [3.05, 3.63) is 108 Å². The first-order valence-corrected chi connectivity index (χ1v) is 15.9. The molecule has 0 aromatic heterocycles. The number of carbonyl (C=O) groups excluding carboxylic acids is 1. The summed E-state index contributed by atoms with van der Waals surface area (Å²) < 4.78 is 38.1. The number of aliphatic hydroxyl groups is 1. The van der Waals surface area contributed by atoms with Crippen LogP contribution in [0.5, 0.6) is 0 Å². The third-order valence-corrected chi connectivity index (χ3v) is 8.70. The lowest BCUT2D eigenvalue weighted by atomic mass is 9.81. The van der Waals surface area contributed by atoms with Crippen LogP contribution in [0, 0.1) is 5.92 Å². The summed E-state index contributed by atoms with van der Waals surface area (Å²) in [5, 5.41) is 11.9. The predicted octanol–water partition coefficient (Wildman–Crippen LogP) is 5.64. The Hall–Kier alpha value is -3.11. The molecule has 1 aliphatic heterocycles. The van der Waals surface area contributed by atoms with Crippen LogP contribution in [0.3, 0.4) is 0 Å². The molecule has 45 heavy (non-hydrogen) atoms. The third kappa shape index (κ3) is 8.79. The lowest BCUT2D eigenvalue weighted by molar-refractivity contribution is -0.280. The van der Waals surface area contributed by atoms with Crippen LogP contribution < -0.4 is 0 Å². The van der Waals surface area contributed by atoms with Gasteiger partial charge in [0.2, 0.25) is 0 Å².